The molecule has 0 radical (unpaired) electrons. The van der Waals surface area contributed by atoms with Gasteiger partial charge in [-0.1, -0.05) is 12.1 Å². The molecule has 11 heteroatoms. The molecule has 5 rings (SSSR count). The zero-order chi connectivity index (χ0) is 27.0. The minimum atomic E-state index is -4.09. The van der Waals surface area contributed by atoms with E-state index in [4.69, 9.17) is 0 Å². The largest absolute Gasteiger partial charge is 0.307 e. The fraction of sp³-hybridized carbons (Fsp3) is 0.296. The lowest BCUT2D eigenvalue weighted by molar-refractivity contribution is 0.102. The third-order valence-corrected chi connectivity index (χ3v) is 8.88. The van der Waals surface area contributed by atoms with Gasteiger partial charge in [-0.25, -0.2) is 17.8 Å². The number of sulfonamides is 1. The van der Waals surface area contributed by atoms with Crippen molar-refractivity contribution in [3.8, 4) is 11.1 Å². The lowest BCUT2D eigenvalue weighted by atomic mass is 10.1. The van der Waals surface area contributed by atoms with Crippen LogP contribution in [0.2, 0.25) is 0 Å². The van der Waals surface area contributed by atoms with Gasteiger partial charge in [0.15, 0.2) is 0 Å². The molecular weight excluding hydrogens is 507 g/mol. The Labute approximate surface area is 220 Å². The summed E-state index contributed by atoms with van der Waals surface area (Å²) in [6.45, 7) is 0.589. The van der Waals surface area contributed by atoms with Crippen LogP contribution in [0.5, 0.6) is 0 Å². The van der Waals surface area contributed by atoms with E-state index in [-0.39, 0.29) is 11.6 Å². The summed E-state index contributed by atoms with van der Waals surface area (Å²) >= 11 is 0. The number of fused-ring (bicyclic) bond motifs is 1. The molecule has 1 saturated heterocycles. The molecule has 0 spiro atoms. The van der Waals surface area contributed by atoms with Crippen LogP contribution in [0.3, 0.4) is 0 Å². The lowest BCUT2D eigenvalue weighted by Crippen LogP contribution is -2.44. The van der Waals surface area contributed by atoms with E-state index in [1.54, 1.807) is 23.1 Å². The van der Waals surface area contributed by atoms with Crippen molar-refractivity contribution in [1.29, 1.82) is 0 Å². The van der Waals surface area contributed by atoms with Crippen LogP contribution < -0.4 is 5.32 Å². The molecule has 0 atom stereocenters. The highest BCUT2D eigenvalue weighted by Crippen LogP contribution is 2.27. The number of aryl methyl sites for hydroxylation is 1. The van der Waals surface area contributed by atoms with Crippen LogP contribution in [0, 0.1) is 5.82 Å². The zero-order valence-corrected chi connectivity index (χ0v) is 22.2. The van der Waals surface area contributed by atoms with Gasteiger partial charge in [0.25, 0.3) is 5.91 Å². The van der Waals surface area contributed by atoms with Gasteiger partial charge < -0.3 is 10.2 Å². The molecule has 0 unspecified atom stereocenters. The summed E-state index contributed by atoms with van der Waals surface area (Å²) in [5.41, 5.74) is 1.96. The second-order valence-electron chi connectivity index (χ2n) is 9.73. The van der Waals surface area contributed by atoms with Gasteiger partial charge in [0.1, 0.15) is 16.5 Å². The molecule has 2 aromatic heterocycles. The maximum atomic E-state index is 14.7. The van der Waals surface area contributed by atoms with Crippen LogP contribution in [0.15, 0.2) is 66.0 Å². The maximum absolute atomic E-state index is 14.7. The Bertz CT molecular complexity index is 1610. The summed E-state index contributed by atoms with van der Waals surface area (Å²) in [6, 6.07) is 11.3. The normalized spacial score (nSPS) is 15.3. The van der Waals surface area contributed by atoms with Crippen LogP contribution >= 0.6 is 0 Å². The molecule has 4 aromatic rings. The molecule has 0 bridgehead atoms. The Balaban J connectivity index is 1.37. The molecule has 1 N–H and O–H groups in total. The number of nitrogens with zero attached hydrogens (tertiary/aromatic N) is 5. The number of benzene rings is 2. The van der Waals surface area contributed by atoms with Crippen molar-refractivity contribution in [2.45, 2.75) is 23.8 Å². The van der Waals surface area contributed by atoms with E-state index in [0.29, 0.717) is 31.7 Å². The van der Waals surface area contributed by atoms with Gasteiger partial charge in [-0.05, 0) is 68.2 Å². The summed E-state index contributed by atoms with van der Waals surface area (Å²) in [5, 5.41) is 8.67. The van der Waals surface area contributed by atoms with Crippen molar-refractivity contribution in [3.05, 3.63) is 72.4 Å². The van der Waals surface area contributed by atoms with Crippen LogP contribution in [-0.2, 0) is 17.1 Å². The fourth-order valence-electron chi connectivity index (χ4n) is 4.73. The smallest absolute Gasteiger partial charge is 0.256 e. The van der Waals surface area contributed by atoms with Crippen molar-refractivity contribution in [2.24, 2.45) is 7.05 Å². The van der Waals surface area contributed by atoms with Gasteiger partial charge in [-0.3, -0.25) is 9.48 Å². The Morgan fingerprint density at radius 1 is 1.03 bits per heavy atom. The lowest BCUT2D eigenvalue weighted by Gasteiger charge is -2.34. The van der Waals surface area contributed by atoms with Crippen molar-refractivity contribution >= 4 is 32.5 Å². The molecule has 0 saturated carbocycles. The minimum Gasteiger partial charge on any atom is -0.307 e. The van der Waals surface area contributed by atoms with Gasteiger partial charge in [0, 0.05) is 55.1 Å². The SMILES string of the molecule is CN(C)C1CCN(S(=O)(=O)c2cc(C(=O)Nc3cc4cc(-c5cnn(C)c5)ccc4cn3)ccc2F)CC1. The van der Waals surface area contributed by atoms with Crippen LogP contribution in [0.1, 0.15) is 23.2 Å². The number of halogens is 1. The molecule has 1 fully saturated rings. The number of hydrogen-bond acceptors (Lipinski definition) is 6. The quantitative estimate of drug-likeness (QED) is 0.403. The molecule has 1 aliphatic rings. The van der Waals surface area contributed by atoms with Crippen molar-refractivity contribution in [3.63, 3.8) is 0 Å². The Kier molecular flexibility index (Phi) is 6.99. The Morgan fingerprint density at radius 3 is 2.47 bits per heavy atom. The number of carbonyl (C=O) groups excluding carboxylic acids is 1. The number of rotatable bonds is 6. The third kappa shape index (κ3) is 5.17. The van der Waals surface area contributed by atoms with E-state index in [0.717, 1.165) is 34.0 Å². The molecule has 1 amide bonds. The number of pyridine rings is 1. The molecule has 2 aromatic carbocycles. The number of piperidine rings is 1. The average Bonchev–Trinajstić information content (AvgIpc) is 3.34. The molecule has 198 valence electrons. The number of hydrogen-bond donors (Lipinski definition) is 1. The monoisotopic (exact) mass is 536 g/mol. The standard InChI is InChI=1S/C27H29FN6O3S/c1-32(2)23-8-10-34(11-9-23)38(36,37)25-13-19(6-7-24(25)28)27(35)31-26-14-21-12-18(4-5-20(21)15-29-26)22-16-30-33(3)17-22/h4-7,12-17,23H,8-11H2,1-3H3,(H,29,31,35). The molecule has 38 heavy (non-hydrogen) atoms. The highest BCUT2D eigenvalue weighted by atomic mass is 32.2. The summed E-state index contributed by atoms with van der Waals surface area (Å²) in [4.78, 5) is 18.9. The number of amides is 1. The number of nitrogens with one attached hydrogen (secondary N) is 1. The summed E-state index contributed by atoms with van der Waals surface area (Å²) in [6.07, 6.45) is 6.65. The number of carbonyl (C=O) groups is 1. The van der Waals surface area contributed by atoms with E-state index in [1.807, 2.05) is 45.5 Å². The predicted molar refractivity (Wildman–Crippen MR) is 144 cm³/mol. The topological polar surface area (TPSA) is 100 Å². The van der Waals surface area contributed by atoms with E-state index in [2.05, 4.69) is 20.3 Å². The second-order valence-corrected chi connectivity index (χ2v) is 11.6. The van der Waals surface area contributed by atoms with Crippen molar-refractivity contribution < 1.29 is 17.6 Å². The van der Waals surface area contributed by atoms with Gasteiger partial charge in [0.2, 0.25) is 10.0 Å². The highest BCUT2D eigenvalue weighted by Gasteiger charge is 2.32. The van der Waals surface area contributed by atoms with E-state index in [1.165, 1.54) is 10.4 Å². The average molecular weight is 537 g/mol. The molecule has 3 heterocycles. The van der Waals surface area contributed by atoms with E-state index >= 15 is 0 Å². The minimum absolute atomic E-state index is 0.0270. The number of anilines is 1. The predicted octanol–water partition coefficient (Wildman–Crippen LogP) is 3.74. The van der Waals surface area contributed by atoms with Gasteiger partial charge in [-0.2, -0.15) is 9.40 Å². The number of aromatic nitrogens is 3. The fourth-order valence-corrected chi connectivity index (χ4v) is 6.29. The van der Waals surface area contributed by atoms with Crippen LogP contribution in [0.4, 0.5) is 10.2 Å². The van der Waals surface area contributed by atoms with E-state index < -0.39 is 26.6 Å². The molecule has 1 aliphatic heterocycles. The summed E-state index contributed by atoms with van der Waals surface area (Å²) < 4.78 is 44.2. The van der Waals surface area contributed by atoms with Crippen LogP contribution in [-0.4, -0.2) is 71.5 Å². The maximum Gasteiger partial charge on any atom is 0.256 e. The van der Waals surface area contributed by atoms with Crippen LogP contribution in [0.25, 0.3) is 21.9 Å². The third-order valence-electron chi connectivity index (χ3n) is 6.97. The van der Waals surface area contributed by atoms with Gasteiger partial charge in [0.05, 0.1) is 6.20 Å². The Morgan fingerprint density at radius 2 is 1.79 bits per heavy atom. The first-order valence-electron chi connectivity index (χ1n) is 12.3. The first-order chi connectivity index (χ1) is 18.1. The van der Waals surface area contributed by atoms with E-state index in [9.17, 15) is 17.6 Å². The Hall–Kier alpha value is -3.67. The van der Waals surface area contributed by atoms with Gasteiger partial charge >= 0.3 is 0 Å². The second kappa shape index (κ2) is 10.2. The first kappa shape index (κ1) is 26.0. The molecule has 0 aliphatic carbocycles. The van der Waals surface area contributed by atoms with Crippen molar-refractivity contribution in [2.75, 3.05) is 32.5 Å². The van der Waals surface area contributed by atoms with Crippen molar-refractivity contribution in [1.82, 2.24) is 24.0 Å². The molecular formula is C27H29FN6O3S. The van der Waals surface area contributed by atoms with Gasteiger partial charge in [-0.15, -0.1) is 0 Å². The highest BCUT2D eigenvalue weighted by molar-refractivity contribution is 7.89. The first-order valence-corrected chi connectivity index (χ1v) is 13.7. The zero-order valence-electron chi connectivity index (χ0n) is 21.4. The summed E-state index contributed by atoms with van der Waals surface area (Å²) in [7, 11) is 1.67. The summed E-state index contributed by atoms with van der Waals surface area (Å²) in [5.74, 6) is -1.17. The molecule has 9 nitrogen and oxygen atoms in total.